The van der Waals surface area contributed by atoms with Gasteiger partial charge >= 0.3 is 144 Å². The number of fused-ring (bicyclic) bond motifs is 6. The third-order valence-electron chi connectivity index (χ3n) is 16.8. The number of aliphatic hydroxyl groups excluding tert-OH is 1. The van der Waals surface area contributed by atoms with Crippen LogP contribution in [0.5, 0.6) is 69.0 Å². The van der Waals surface area contributed by atoms with E-state index in [4.69, 9.17) is 98.1 Å². The Balaban J connectivity index is -0.000000494. The second-order valence-corrected chi connectivity index (χ2v) is 33.6. The zero-order valence-electron chi connectivity index (χ0n) is 74.0. The molecule has 3 radical (unpaired) electrons. The summed E-state index contributed by atoms with van der Waals surface area (Å²) < 4.78 is 254. The number of carbonyl (C=O) groups is 2. The number of sulfonamides is 1. The van der Waals surface area contributed by atoms with Crippen molar-refractivity contribution in [2.45, 2.75) is 112 Å². The van der Waals surface area contributed by atoms with Crippen molar-refractivity contribution in [3.05, 3.63) is 176 Å². The van der Waals surface area contributed by atoms with Gasteiger partial charge in [0.05, 0.1) is 36.6 Å². The number of nitrogens with two attached hydrogens (primary N) is 1. The van der Waals surface area contributed by atoms with Crippen molar-refractivity contribution in [1.82, 2.24) is 4.31 Å². The van der Waals surface area contributed by atoms with Crippen molar-refractivity contribution in [2.24, 2.45) is 10.7 Å². The van der Waals surface area contributed by atoms with Crippen LogP contribution in [0.3, 0.4) is 0 Å². The predicted molar refractivity (Wildman–Crippen MR) is 514 cm³/mol. The fourth-order valence-corrected chi connectivity index (χ4v) is 13.1. The zero-order valence-corrected chi connectivity index (χ0v) is 87.4. The van der Waals surface area contributed by atoms with Gasteiger partial charge in [-0.2, -0.15) is 26.3 Å². The molecule has 0 spiro atoms. The molecule has 137 heavy (non-hydrogen) atoms. The van der Waals surface area contributed by atoms with Crippen molar-refractivity contribution >= 4 is 148 Å². The average Bonchev–Trinajstić information content (AvgIpc) is 0.754. The minimum absolute atomic E-state index is 0. The number of alkyl halides is 10. The second kappa shape index (κ2) is 67.2. The van der Waals surface area contributed by atoms with E-state index in [1.807, 2.05) is 38.5 Å². The first-order valence-electron chi connectivity index (χ1n) is 38.2. The molecule has 49 heteroatoms. The van der Waals surface area contributed by atoms with Crippen molar-refractivity contribution in [2.75, 3.05) is 144 Å². The van der Waals surface area contributed by atoms with E-state index in [1.165, 1.54) is 98.6 Å². The number of aliphatic hydroxyl groups is 1. The molecule has 0 bridgehead atoms. The molecule has 0 aromatic heterocycles. The summed E-state index contributed by atoms with van der Waals surface area (Å²) in [5.74, 6) is -9.25. The van der Waals surface area contributed by atoms with E-state index in [9.17, 15) is 71.4 Å². The maximum atomic E-state index is 14.9. The fourth-order valence-electron chi connectivity index (χ4n) is 10.7. The zero-order chi connectivity index (χ0) is 96.1. The summed E-state index contributed by atoms with van der Waals surface area (Å²) in [6.07, 6.45) is 1.23. The average molecular weight is 2390 g/mol. The molecular formula is C88H114B2BrCl2F11I2KN3NaNiO24S. The maximum absolute atomic E-state index is 14.9. The van der Waals surface area contributed by atoms with Crippen molar-refractivity contribution < 1.29 is 257 Å². The molecule has 0 saturated carbocycles. The SMILES string of the molecule is C.C.C.C.C.CC(C)(C)[O-].CCOC(=O)C(F)(F)Br.CCOC(=O)C(F)(F)c1ccc2c(c1)OCCO2.CN1C(N)=N[C@](C)(c2cc(/C=C(\F)c3ccc4c(c3)OCCO4)ccc2F)CS1(=O)=O.COCCOC.F/C(=C\I)c1ccc2c(c1)OCCO2.FC(F)(CI)c1ccc2c(c1)OCCO2.OB(O)c1ccc2c(c1)OCCO2.OCC(F)(F)c1ccc2c(c1)OCCO2.[B].[Cl][Ni][Cl].[H-].[K+].[Na+]. The van der Waals surface area contributed by atoms with Gasteiger partial charge in [0.1, 0.15) is 109 Å². The molecule has 7 heterocycles. The molecule has 7 aromatic carbocycles. The summed E-state index contributed by atoms with van der Waals surface area (Å²) >= 11 is 5.94. The van der Waals surface area contributed by atoms with Crippen LogP contribution >= 0.6 is 81.5 Å². The Morgan fingerprint density at radius 2 is 0.905 bits per heavy atom. The standard InChI is InChI=1S/C21H21F2N3O4S.C12H12F2O4.C10H9F2IO2.C10H10F2O3.C10H8FIO2.C8H9BO4.C4H5BrF2O2.C4H10O2.C4H9O.5CH4.B.2ClH.K.Na.Ni.H/c1-21(12-31(27,28)26(2)20(24)25-21)15-9-13(3-5-16(15)22)10-17(23)14-4-6-18-19(11-14)30-8-7-29-18;1-2-16-11(15)12(13,14)8-3-4-9-10(7-8)18-6-5-17-9;2*11-10(12,6-13)7-1-2-8-9(5-7)15-4-3-14-8;11-8(6-12)7-1-2-9-10(5-7)14-4-3-13-9;10-9(11)6-1-2-7-8(5-6)13-4-3-12-7;1-2-9-3(8)4(5,6)7;1-5-3-4-6-2;1-4(2,3)5;;;;;;;;;;;;/h3-6,9-11H,7-8,12H2,1-2H3,(H2,24,25);3-4,7H,2,5-6H2,1H3;1-2,5H,3-4,6H2;1-2,5,13H,3-4,6H2;1-2,5-6H,3-4H2;1-2,5,10-11H,3-4H2;2H2,1H3;3-4H2,1-2H3;1-3H3;5*1H4;;2*1H;;;;/q;;;;;;;;-1;;;;;;;;;2*+1;+2;-1/p-2/b17-10-;;;;8-6-;;;;;;;;;;;;;;;;/t21-;;;;;;;;;;;;;;;;;;;;/m0..................../s1. The quantitative estimate of drug-likeness (QED) is 0.0125. The van der Waals surface area contributed by atoms with Gasteiger partial charge in [-0.15, -0.1) is 5.60 Å². The van der Waals surface area contributed by atoms with E-state index in [0.29, 0.717) is 185 Å². The summed E-state index contributed by atoms with van der Waals surface area (Å²) in [5.41, 5.74) is 4.33. The number of benzene rings is 7. The third-order valence-corrected chi connectivity index (χ3v) is 20.5. The fraction of sp³-hybridized carbons (Fsp3) is 0.443. The minimum atomic E-state index is -3.78. The van der Waals surface area contributed by atoms with Gasteiger partial charge in [-0.25, -0.2) is 49.3 Å². The molecule has 7 aliphatic rings. The number of ether oxygens (including phenoxy) is 16. The molecule has 0 unspecified atom stereocenters. The van der Waals surface area contributed by atoms with Gasteiger partial charge in [-0.05, 0) is 176 Å². The number of aliphatic imine (C=N–C) groups is 1. The number of carbonyl (C=O) groups excluding carboxylic acids is 2. The van der Waals surface area contributed by atoms with Gasteiger partial charge in [0.15, 0.2) is 69.0 Å². The van der Waals surface area contributed by atoms with Crippen LogP contribution in [0.15, 0.2) is 136 Å². The summed E-state index contributed by atoms with van der Waals surface area (Å²) in [5, 5.41) is 36.4. The number of rotatable bonds is 17. The molecule has 27 nitrogen and oxygen atoms in total. The molecule has 0 amide bonds. The van der Waals surface area contributed by atoms with Gasteiger partial charge in [0.2, 0.25) is 16.0 Å². The Labute approximate surface area is 912 Å². The summed E-state index contributed by atoms with van der Waals surface area (Å²) in [7, 11) is 8.75. The first kappa shape index (κ1) is 138. The molecular weight excluding hydrogens is 2270 g/mol. The first-order valence-corrected chi connectivity index (χ1v) is 46.1. The van der Waals surface area contributed by atoms with Crippen LogP contribution in [0.25, 0.3) is 17.7 Å². The largest absolute Gasteiger partial charge is 1.00 e. The number of guanidine groups is 1. The van der Waals surface area contributed by atoms with Crippen LogP contribution in [-0.2, 0) is 74.5 Å². The molecule has 0 saturated heterocycles. The van der Waals surface area contributed by atoms with Crippen molar-refractivity contribution in [3.8, 4) is 69.0 Å². The number of nitrogens with zero attached hydrogens (tertiary/aromatic N) is 2. The normalized spacial score (nSPS) is 15.0. The molecule has 7 aliphatic heterocycles. The van der Waals surface area contributed by atoms with Gasteiger partial charge in [0.25, 0.3) is 11.8 Å². The van der Waals surface area contributed by atoms with Crippen molar-refractivity contribution in [3.63, 3.8) is 0 Å². The van der Waals surface area contributed by atoms with E-state index in [0.717, 1.165) is 22.5 Å². The number of esters is 2. The van der Waals surface area contributed by atoms with Crippen LogP contribution in [0.2, 0.25) is 0 Å². The predicted octanol–water partition coefficient (Wildman–Crippen LogP) is 12.1. The molecule has 0 aliphatic carbocycles. The smallest absolute Gasteiger partial charge is 1.00 e. The van der Waals surface area contributed by atoms with Gasteiger partial charge in [-0.1, -0.05) is 92.6 Å². The number of halogens is 16. The van der Waals surface area contributed by atoms with Gasteiger partial charge in [-0.3, -0.25) is 0 Å². The maximum Gasteiger partial charge on any atom is 1.00 e. The molecule has 5 N–H and O–H groups in total. The molecule has 7 aromatic rings. The number of methoxy groups -OCH3 is 2. The van der Waals surface area contributed by atoms with Crippen LogP contribution in [0.4, 0.5) is 48.3 Å². The van der Waals surface area contributed by atoms with Crippen LogP contribution < -0.4 is 154 Å². The van der Waals surface area contributed by atoms with E-state index in [-0.39, 0.29) is 185 Å². The molecule has 14 rings (SSSR count). The second-order valence-electron chi connectivity index (χ2n) is 27.6. The Hall–Kier alpha value is -5.45. The number of hydrogen-bond donors (Lipinski definition) is 4. The molecule has 761 valence electrons. The summed E-state index contributed by atoms with van der Waals surface area (Å²) in [6, 6.07) is 30.2. The Bertz CT molecular complexity index is 4940. The van der Waals surface area contributed by atoms with E-state index < -0.39 is 92.4 Å². The van der Waals surface area contributed by atoms with Crippen LogP contribution in [0, 0.1) is 5.82 Å². The third kappa shape index (κ3) is 45.6. The summed E-state index contributed by atoms with van der Waals surface area (Å²) in [4.78, 5) is 21.9. The monoisotopic (exact) mass is 2380 g/mol. The van der Waals surface area contributed by atoms with E-state index in [2.05, 4.69) is 23.9 Å². The van der Waals surface area contributed by atoms with Crippen molar-refractivity contribution in [1.29, 1.82) is 0 Å². The Morgan fingerprint density at radius 1 is 0.584 bits per heavy atom. The number of hydrogen-bond acceptors (Lipinski definition) is 26. The summed E-state index contributed by atoms with van der Waals surface area (Å²) in [6.45, 7) is 14.6. The van der Waals surface area contributed by atoms with Crippen LogP contribution in [0.1, 0.15) is 119 Å². The molecule has 1 atom stereocenters. The van der Waals surface area contributed by atoms with Gasteiger partial charge < -0.3 is 103 Å². The topological polar surface area (TPSA) is 341 Å². The van der Waals surface area contributed by atoms with Gasteiger partial charge in [0, 0.05) is 83.1 Å². The Kier molecular flexibility index (Phi) is 67.6. The minimum Gasteiger partial charge on any atom is -1.00 e. The van der Waals surface area contributed by atoms with E-state index in [1.54, 1.807) is 106 Å². The molecule has 0 fully saturated rings. The first-order chi connectivity index (χ1) is 60.8. The van der Waals surface area contributed by atoms with E-state index >= 15 is 0 Å². The Morgan fingerprint density at radius 3 is 1.23 bits per heavy atom. The van der Waals surface area contributed by atoms with Crippen LogP contribution in [-0.4, -0.2) is 216 Å².